The molecule has 3 aliphatic rings. The van der Waals surface area contributed by atoms with Crippen LogP contribution in [0.1, 0.15) is 60.0 Å². The minimum absolute atomic E-state index is 0.161. The lowest BCUT2D eigenvalue weighted by Crippen LogP contribution is -2.40. The number of nitrogens with one attached hydrogen (secondary N) is 3. The molecule has 0 spiro atoms. The summed E-state index contributed by atoms with van der Waals surface area (Å²) < 4.78 is 13.9. The number of hydrogen-bond donors (Lipinski definition) is 4. The Balaban J connectivity index is 0.000000170. The van der Waals surface area contributed by atoms with E-state index in [1.54, 1.807) is 24.5 Å². The Morgan fingerprint density at radius 3 is 2.74 bits per heavy atom. The maximum Gasteiger partial charge on any atom is 0.253 e. The first-order valence-corrected chi connectivity index (χ1v) is 14.3. The molecule has 2 amide bonds. The summed E-state index contributed by atoms with van der Waals surface area (Å²) in [7, 11) is 1.00. The number of aliphatic hydroxyl groups is 1. The quantitative estimate of drug-likeness (QED) is 0.228. The van der Waals surface area contributed by atoms with Crippen LogP contribution in [-0.4, -0.2) is 52.5 Å². The number of hydroxylamine groups is 1. The zero-order chi connectivity index (χ0) is 29.5. The van der Waals surface area contributed by atoms with E-state index < -0.39 is 11.4 Å². The number of pyridine rings is 1. The fourth-order valence-electron chi connectivity index (χ4n) is 5.63. The highest BCUT2D eigenvalue weighted by Gasteiger charge is 2.43. The van der Waals surface area contributed by atoms with Gasteiger partial charge in [-0.1, -0.05) is 25.0 Å². The first kappa shape index (κ1) is 29.2. The lowest BCUT2D eigenvalue weighted by molar-refractivity contribution is -0.105. The van der Waals surface area contributed by atoms with Crippen LogP contribution in [0, 0.1) is 11.7 Å². The molecule has 7 rings (SSSR count). The summed E-state index contributed by atoms with van der Waals surface area (Å²) >= 11 is 0. The van der Waals surface area contributed by atoms with E-state index in [-0.39, 0.29) is 11.6 Å². The van der Waals surface area contributed by atoms with Gasteiger partial charge in [0.25, 0.3) is 5.91 Å². The highest BCUT2D eigenvalue weighted by Crippen LogP contribution is 2.46. The number of H-pyrrole nitrogens is 1. The molecule has 1 saturated heterocycles. The number of aromatic amines is 1. The van der Waals surface area contributed by atoms with Gasteiger partial charge in [-0.2, -0.15) is 0 Å². The van der Waals surface area contributed by atoms with E-state index in [1.807, 2.05) is 41.4 Å². The van der Waals surface area contributed by atoms with Gasteiger partial charge in [-0.3, -0.25) is 14.6 Å². The van der Waals surface area contributed by atoms with Crippen LogP contribution in [0.2, 0.25) is 0 Å². The van der Waals surface area contributed by atoms with Crippen LogP contribution in [0.15, 0.2) is 67.1 Å². The molecule has 9 nitrogen and oxygen atoms in total. The molecule has 0 radical (unpaired) electrons. The molecule has 2 aliphatic heterocycles. The van der Waals surface area contributed by atoms with Gasteiger partial charge in [0.05, 0.1) is 11.9 Å². The van der Waals surface area contributed by atoms with Crippen molar-refractivity contribution < 1.29 is 23.9 Å². The van der Waals surface area contributed by atoms with Gasteiger partial charge in [-0.15, -0.1) is 5.48 Å². The third kappa shape index (κ3) is 6.14. The van der Waals surface area contributed by atoms with Crippen LogP contribution in [0.5, 0.6) is 5.75 Å². The van der Waals surface area contributed by atoms with Gasteiger partial charge in [0.1, 0.15) is 11.4 Å². The summed E-state index contributed by atoms with van der Waals surface area (Å²) in [5, 5.41) is 10.6. The van der Waals surface area contributed by atoms with E-state index in [9.17, 15) is 14.0 Å². The summed E-state index contributed by atoms with van der Waals surface area (Å²) in [6.45, 7) is 1.81. The van der Waals surface area contributed by atoms with Gasteiger partial charge in [0.2, 0.25) is 6.41 Å². The second-order valence-corrected chi connectivity index (χ2v) is 10.7. The first-order valence-electron chi connectivity index (χ1n) is 14.3. The van der Waals surface area contributed by atoms with Crippen LogP contribution >= 0.6 is 0 Å². The zero-order valence-corrected chi connectivity index (χ0v) is 23.6. The van der Waals surface area contributed by atoms with Crippen LogP contribution in [0.3, 0.4) is 0 Å². The largest absolute Gasteiger partial charge is 0.406 e. The predicted octanol–water partition coefficient (Wildman–Crippen LogP) is 5.13. The molecule has 4 heterocycles. The van der Waals surface area contributed by atoms with Crippen molar-refractivity contribution >= 4 is 28.9 Å². The Bertz CT molecular complexity index is 1530. The van der Waals surface area contributed by atoms with E-state index >= 15 is 0 Å². The number of carbonyl (C=O) groups excluding carboxylic acids is 2. The van der Waals surface area contributed by atoms with E-state index in [1.165, 1.54) is 18.9 Å². The number of halogens is 1. The first-order chi connectivity index (χ1) is 20.6. The standard InChI is InChI=1S/C18H18FN3O2.C13H14N2O.CH4O/c19-15-4-3-13(9-16(15)21-11-23)18(7-5-12-1-2-12)14-6-8-20-10-17(14)24-22-18;16-13(15-7-1-2-8-15)11-4-3-10-5-6-14-12(10)9-11;1-2/h3-4,6,8-12,22H,1-2,5,7H2,(H,21,23);3-6,9,14H,1-2,7-8H2;2H,1H3. The van der Waals surface area contributed by atoms with Crippen molar-refractivity contribution in [2.45, 2.75) is 44.1 Å². The van der Waals surface area contributed by atoms with Crippen molar-refractivity contribution in [1.29, 1.82) is 0 Å². The lowest BCUT2D eigenvalue weighted by Gasteiger charge is -2.29. The second-order valence-electron chi connectivity index (χ2n) is 10.7. The summed E-state index contributed by atoms with van der Waals surface area (Å²) in [6, 6.07) is 14.6. The van der Waals surface area contributed by atoms with Crippen LogP contribution < -0.4 is 15.6 Å². The fraction of sp³-hybridized carbons (Fsp3) is 0.344. The number of likely N-dealkylation sites (tertiary alicyclic amines) is 1. The number of anilines is 1. The molecule has 2 aromatic carbocycles. The average Bonchev–Trinajstić information content (AvgIpc) is 3.39. The molecule has 2 fully saturated rings. The maximum atomic E-state index is 13.9. The Morgan fingerprint density at radius 2 is 1.98 bits per heavy atom. The van der Waals surface area contributed by atoms with Crippen molar-refractivity contribution in [2.75, 3.05) is 25.5 Å². The molecular weight excluding hydrogens is 537 g/mol. The molecule has 4 N–H and O–H groups in total. The summed E-state index contributed by atoms with van der Waals surface area (Å²) in [6.07, 6.45) is 12.5. The predicted molar refractivity (Wildman–Crippen MR) is 158 cm³/mol. The summed E-state index contributed by atoms with van der Waals surface area (Å²) in [5.41, 5.74) is 6.42. The normalized spacial score (nSPS) is 18.7. The third-order valence-corrected chi connectivity index (χ3v) is 8.07. The topological polar surface area (TPSA) is 120 Å². The number of aliphatic hydroxyl groups excluding tert-OH is 1. The van der Waals surface area contributed by atoms with Gasteiger partial charge >= 0.3 is 0 Å². The number of hydrogen-bond acceptors (Lipinski definition) is 6. The molecule has 1 unspecified atom stereocenters. The Hall–Kier alpha value is -4.28. The Labute approximate surface area is 244 Å². The van der Waals surface area contributed by atoms with E-state index in [2.05, 4.69) is 20.8 Å². The van der Waals surface area contributed by atoms with Gasteiger partial charge in [0.15, 0.2) is 5.75 Å². The fourth-order valence-corrected chi connectivity index (χ4v) is 5.63. The molecular formula is C32H36FN5O4. The smallest absolute Gasteiger partial charge is 0.253 e. The van der Waals surface area contributed by atoms with Crippen molar-refractivity contribution in [2.24, 2.45) is 5.92 Å². The minimum Gasteiger partial charge on any atom is -0.406 e. The van der Waals surface area contributed by atoms with Gasteiger partial charge in [0, 0.05) is 49.2 Å². The molecule has 10 heteroatoms. The Morgan fingerprint density at radius 1 is 1.17 bits per heavy atom. The minimum atomic E-state index is -0.562. The van der Waals surface area contributed by atoms with E-state index in [0.717, 1.165) is 79.4 Å². The number of nitrogens with zero attached hydrogens (tertiary/aromatic N) is 2. The molecule has 1 saturated carbocycles. The number of fused-ring (bicyclic) bond motifs is 2. The monoisotopic (exact) mass is 573 g/mol. The molecule has 0 bridgehead atoms. The summed E-state index contributed by atoms with van der Waals surface area (Å²) in [4.78, 5) is 37.7. The number of amides is 2. The van der Waals surface area contributed by atoms with E-state index in [0.29, 0.717) is 12.2 Å². The zero-order valence-electron chi connectivity index (χ0n) is 23.6. The molecule has 220 valence electrons. The number of rotatable bonds is 7. The molecule has 2 aromatic heterocycles. The molecule has 4 aromatic rings. The van der Waals surface area contributed by atoms with Crippen molar-refractivity contribution in [3.8, 4) is 5.75 Å². The number of carbonyl (C=O) groups is 2. The van der Waals surface area contributed by atoms with Crippen molar-refractivity contribution in [3.63, 3.8) is 0 Å². The highest BCUT2D eigenvalue weighted by molar-refractivity contribution is 5.98. The molecule has 42 heavy (non-hydrogen) atoms. The van der Waals surface area contributed by atoms with Gasteiger partial charge < -0.3 is 25.1 Å². The SMILES string of the molecule is CO.O=C(c1ccc2cc[nH]c2c1)N1CCCC1.O=CNc1cc(C2(CCC3CC3)NOc3cnccc32)ccc1F. The number of aromatic nitrogens is 2. The van der Waals surface area contributed by atoms with Gasteiger partial charge in [-0.25, -0.2) is 4.39 Å². The summed E-state index contributed by atoms with van der Waals surface area (Å²) in [5.74, 6) is 1.14. The van der Waals surface area contributed by atoms with Gasteiger partial charge in [-0.05, 0) is 78.9 Å². The van der Waals surface area contributed by atoms with Crippen LogP contribution in [0.4, 0.5) is 10.1 Å². The maximum absolute atomic E-state index is 13.9. The van der Waals surface area contributed by atoms with Crippen molar-refractivity contribution in [1.82, 2.24) is 20.3 Å². The van der Waals surface area contributed by atoms with Crippen molar-refractivity contribution in [3.05, 3.63) is 89.6 Å². The van der Waals surface area contributed by atoms with Crippen LogP contribution in [0.25, 0.3) is 10.9 Å². The highest BCUT2D eigenvalue weighted by atomic mass is 19.1. The Kier molecular flexibility index (Phi) is 9.14. The van der Waals surface area contributed by atoms with E-state index in [4.69, 9.17) is 9.94 Å². The molecule has 1 aliphatic carbocycles. The number of benzene rings is 2. The third-order valence-electron chi connectivity index (χ3n) is 8.07. The molecule has 1 atom stereocenters. The second kappa shape index (κ2) is 13.1. The van der Waals surface area contributed by atoms with Crippen LogP contribution in [-0.2, 0) is 10.3 Å². The lowest BCUT2D eigenvalue weighted by atomic mass is 9.79. The average molecular weight is 574 g/mol.